The third-order valence-corrected chi connectivity index (χ3v) is 10.7. The number of ether oxygens (including phenoxy) is 1. The summed E-state index contributed by atoms with van der Waals surface area (Å²) in [4.78, 5) is 64.1. The molecule has 0 aromatic heterocycles. The van der Waals surface area contributed by atoms with Gasteiger partial charge in [-0.2, -0.15) is 0 Å². The van der Waals surface area contributed by atoms with Crippen LogP contribution in [0.15, 0.2) is 102 Å². The largest absolute Gasteiger partial charge is 0.454 e. The number of nitrogens with one attached hydrogen (secondary N) is 1. The minimum atomic E-state index is -1.33. The Morgan fingerprint density at radius 2 is 1.17 bits per heavy atom. The summed E-state index contributed by atoms with van der Waals surface area (Å²) in [7, 11) is 0. The highest BCUT2D eigenvalue weighted by Gasteiger charge is 2.73. The van der Waals surface area contributed by atoms with Crippen LogP contribution in [0, 0.1) is 11.8 Å². The maximum atomic E-state index is 13.9. The number of amides is 3. The highest BCUT2D eigenvalue weighted by Crippen LogP contribution is 2.69. The van der Waals surface area contributed by atoms with Gasteiger partial charge in [0.05, 0.1) is 17.4 Å². The SMILES string of the molecule is O=C(CN1C(=O)[C@@H]2[C@H](C1=O)C1(Cl)c3ccccc3C2(Cl)c2ccccc21)Nc1ccc(C(=O)OCC(=O)c2ccc(Br)cc2)cc1. The van der Waals surface area contributed by atoms with E-state index < -0.39 is 58.4 Å². The Labute approximate surface area is 281 Å². The smallest absolute Gasteiger partial charge is 0.338 e. The number of rotatable bonds is 7. The van der Waals surface area contributed by atoms with E-state index in [2.05, 4.69) is 21.2 Å². The van der Waals surface area contributed by atoms with E-state index in [0.717, 1.165) is 9.37 Å². The molecule has 1 N–H and O–H groups in total. The van der Waals surface area contributed by atoms with E-state index in [-0.39, 0.29) is 11.3 Å². The van der Waals surface area contributed by atoms with Gasteiger partial charge in [0, 0.05) is 15.7 Å². The van der Waals surface area contributed by atoms with Gasteiger partial charge in [0.15, 0.2) is 12.4 Å². The van der Waals surface area contributed by atoms with E-state index in [1.165, 1.54) is 24.3 Å². The summed E-state index contributed by atoms with van der Waals surface area (Å²) < 4.78 is 5.97. The van der Waals surface area contributed by atoms with Crippen molar-refractivity contribution in [1.82, 2.24) is 4.90 Å². The number of carbonyl (C=O) groups excluding carboxylic acids is 5. The summed E-state index contributed by atoms with van der Waals surface area (Å²) in [5.41, 5.74) is 3.61. The van der Waals surface area contributed by atoms with Crippen LogP contribution in [0.3, 0.4) is 0 Å². The molecule has 2 atom stereocenters. The van der Waals surface area contributed by atoms with Gasteiger partial charge in [-0.15, -0.1) is 23.2 Å². The molecule has 8 nitrogen and oxygen atoms in total. The van der Waals surface area contributed by atoms with Crippen LogP contribution in [0.2, 0.25) is 0 Å². The first kappa shape index (κ1) is 30.3. The molecule has 4 aromatic rings. The lowest BCUT2D eigenvalue weighted by Gasteiger charge is -2.54. The van der Waals surface area contributed by atoms with Crippen LogP contribution in [-0.4, -0.2) is 47.5 Å². The molecule has 1 saturated heterocycles. The molecular formula is C35H23BrCl2N2O6. The Bertz CT molecular complexity index is 1840. The van der Waals surface area contributed by atoms with Crippen LogP contribution in [-0.2, 0) is 28.9 Å². The number of likely N-dealkylation sites (tertiary alicyclic amines) is 1. The molecule has 1 fully saturated rings. The van der Waals surface area contributed by atoms with Crippen molar-refractivity contribution in [1.29, 1.82) is 0 Å². The van der Waals surface area contributed by atoms with E-state index in [9.17, 15) is 24.0 Å². The number of hydrogen-bond acceptors (Lipinski definition) is 6. The molecule has 4 aromatic carbocycles. The fourth-order valence-electron chi connectivity index (χ4n) is 6.85. The molecule has 0 radical (unpaired) electrons. The van der Waals surface area contributed by atoms with E-state index in [0.29, 0.717) is 33.5 Å². The number of hydrogen-bond donors (Lipinski definition) is 1. The molecule has 2 bridgehead atoms. The fraction of sp³-hybridized carbons (Fsp3) is 0.171. The van der Waals surface area contributed by atoms with Crippen LogP contribution in [0.1, 0.15) is 43.0 Å². The number of ketones is 1. The molecule has 8 rings (SSSR count). The minimum Gasteiger partial charge on any atom is -0.454 e. The predicted molar refractivity (Wildman–Crippen MR) is 174 cm³/mol. The zero-order chi connectivity index (χ0) is 32.4. The first-order chi connectivity index (χ1) is 22.0. The minimum absolute atomic E-state index is 0.171. The van der Waals surface area contributed by atoms with Gasteiger partial charge in [-0.1, -0.05) is 76.6 Å². The van der Waals surface area contributed by atoms with Crippen molar-refractivity contribution in [3.05, 3.63) is 135 Å². The molecule has 46 heavy (non-hydrogen) atoms. The first-order valence-electron chi connectivity index (χ1n) is 14.3. The van der Waals surface area contributed by atoms with E-state index in [1.807, 2.05) is 48.5 Å². The first-order valence-corrected chi connectivity index (χ1v) is 15.9. The van der Waals surface area contributed by atoms with E-state index in [1.54, 1.807) is 24.3 Å². The van der Waals surface area contributed by atoms with Crippen molar-refractivity contribution in [2.45, 2.75) is 9.75 Å². The van der Waals surface area contributed by atoms with Crippen molar-refractivity contribution in [2.75, 3.05) is 18.5 Å². The van der Waals surface area contributed by atoms with Crippen LogP contribution < -0.4 is 5.32 Å². The van der Waals surface area contributed by atoms with Gasteiger partial charge in [-0.05, 0) is 58.7 Å². The van der Waals surface area contributed by atoms with Gasteiger partial charge in [0.2, 0.25) is 17.7 Å². The van der Waals surface area contributed by atoms with Gasteiger partial charge < -0.3 is 10.1 Å². The Hall–Kier alpha value is -4.31. The quantitative estimate of drug-likeness (QED) is 0.108. The molecule has 0 saturated carbocycles. The number of esters is 1. The normalized spacial score (nSPS) is 23.8. The number of nitrogens with zero attached hydrogens (tertiary/aromatic N) is 1. The number of carbonyl (C=O) groups is 5. The van der Waals surface area contributed by atoms with E-state index in [4.69, 9.17) is 27.9 Å². The molecule has 0 spiro atoms. The topological polar surface area (TPSA) is 110 Å². The molecule has 3 aliphatic carbocycles. The number of benzene rings is 4. The third kappa shape index (κ3) is 4.52. The summed E-state index contributed by atoms with van der Waals surface area (Å²) >= 11 is 18.1. The van der Waals surface area contributed by atoms with Crippen molar-refractivity contribution < 1.29 is 28.7 Å². The van der Waals surface area contributed by atoms with Gasteiger partial charge >= 0.3 is 5.97 Å². The van der Waals surface area contributed by atoms with Gasteiger partial charge in [0.25, 0.3) is 0 Å². The van der Waals surface area contributed by atoms with Crippen molar-refractivity contribution in [2.24, 2.45) is 11.8 Å². The molecule has 3 amide bonds. The molecular weight excluding hydrogens is 695 g/mol. The average Bonchev–Trinajstić information content (AvgIpc) is 3.32. The number of alkyl halides is 2. The van der Waals surface area contributed by atoms with Gasteiger partial charge in [-0.3, -0.25) is 24.1 Å². The summed E-state index contributed by atoms with van der Waals surface area (Å²) in [6, 6.07) is 27.1. The van der Waals surface area contributed by atoms with Gasteiger partial charge in [-0.25, -0.2) is 4.79 Å². The lowest BCUT2D eigenvalue weighted by atomic mass is 9.54. The lowest BCUT2D eigenvalue weighted by molar-refractivity contribution is -0.142. The Kier molecular flexibility index (Phi) is 7.38. The summed E-state index contributed by atoms with van der Waals surface area (Å²) in [6.07, 6.45) is 0. The summed E-state index contributed by atoms with van der Waals surface area (Å²) in [5.74, 6) is -4.81. The van der Waals surface area contributed by atoms with Crippen LogP contribution in [0.5, 0.6) is 0 Å². The van der Waals surface area contributed by atoms with E-state index >= 15 is 0 Å². The summed E-state index contributed by atoms with van der Waals surface area (Å²) in [5, 5.41) is 2.66. The Balaban J connectivity index is 1.05. The average molecular weight is 718 g/mol. The summed E-state index contributed by atoms with van der Waals surface area (Å²) in [6.45, 7) is -0.971. The zero-order valence-corrected chi connectivity index (χ0v) is 26.9. The maximum Gasteiger partial charge on any atom is 0.338 e. The van der Waals surface area contributed by atoms with Crippen LogP contribution in [0.25, 0.3) is 0 Å². The number of imide groups is 1. The molecule has 11 heteroatoms. The molecule has 1 heterocycles. The highest BCUT2D eigenvalue weighted by molar-refractivity contribution is 9.10. The van der Waals surface area contributed by atoms with Crippen LogP contribution in [0.4, 0.5) is 5.69 Å². The number of anilines is 1. The number of halogens is 3. The highest BCUT2D eigenvalue weighted by atomic mass is 79.9. The van der Waals surface area contributed by atoms with Crippen molar-refractivity contribution in [3.8, 4) is 0 Å². The molecule has 1 aliphatic heterocycles. The maximum absolute atomic E-state index is 13.9. The third-order valence-electron chi connectivity index (χ3n) is 8.88. The number of Topliss-reactive ketones (excluding diaryl/α,β-unsaturated/α-hetero) is 1. The molecule has 230 valence electrons. The lowest BCUT2D eigenvalue weighted by Crippen LogP contribution is -2.57. The Morgan fingerprint density at radius 1 is 0.717 bits per heavy atom. The Morgan fingerprint density at radius 3 is 1.65 bits per heavy atom. The second kappa shape index (κ2) is 11.2. The molecule has 4 aliphatic rings. The monoisotopic (exact) mass is 716 g/mol. The second-order valence-corrected chi connectivity index (χ2v) is 13.5. The van der Waals surface area contributed by atoms with Crippen molar-refractivity contribution >= 4 is 74.3 Å². The second-order valence-electron chi connectivity index (χ2n) is 11.4. The van der Waals surface area contributed by atoms with Crippen molar-refractivity contribution in [3.63, 3.8) is 0 Å². The van der Waals surface area contributed by atoms with Gasteiger partial charge in [0.1, 0.15) is 16.3 Å². The fourth-order valence-corrected chi connectivity index (χ4v) is 8.21. The standard InChI is InChI=1S/C35H23BrCl2N2O6/c36-21-13-9-19(10-14-21)27(41)18-46-33(45)20-11-15-22(16-12-20)39-28(42)17-40-31(43)29-30(32(40)44)35(38)24-6-2-1-5-23(24)34(29,37)25-7-3-4-8-26(25)35/h1-16,29-30H,17-18H2,(H,39,42)/t29-,30+,34?,35?. The molecule has 0 unspecified atom stereocenters. The predicted octanol–water partition coefficient (Wildman–Crippen LogP) is 6.02. The zero-order valence-electron chi connectivity index (χ0n) is 23.8. The van der Waals surface area contributed by atoms with Crippen LogP contribution >= 0.6 is 39.1 Å².